The molecule has 0 spiro atoms. The fraction of sp³-hybridized carbons (Fsp3) is 0.778. The Bertz CT molecular complexity index is 229. The van der Waals surface area contributed by atoms with Crippen molar-refractivity contribution in [3.05, 3.63) is 0 Å². The third-order valence-electron chi connectivity index (χ3n) is 2.35. The fourth-order valence-corrected chi connectivity index (χ4v) is 1.87. The van der Waals surface area contributed by atoms with Crippen molar-refractivity contribution in [2.75, 3.05) is 26.0 Å². The minimum Gasteiger partial charge on any atom is -0.285 e. The van der Waals surface area contributed by atoms with Gasteiger partial charge in [0.1, 0.15) is 0 Å². The van der Waals surface area contributed by atoms with Gasteiger partial charge in [-0.15, -0.1) is 0 Å². The molecule has 78 valence electrons. The molecule has 1 N–H and O–H groups in total. The van der Waals surface area contributed by atoms with Gasteiger partial charge in [-0.2, -0.15) is 5.26 Å². The lowest BCUT2D eigenvalue weighted by molar-refractivity contribution is 0.186. The summed E-state index contributed by atoms with van der Waals surface area (Å²) in [6.45, 7) is 2.69. The molecule has 4 nitrogen and oxygen atoms in total. The van der Waals surface area contributed by atoms with E-state index in [0.717, 1.165) is 13.1 Å². The highest BCUT2D eigenvalue weighted by molar-refractivity contribution is 8.13. The summed E-state index contributed by atoms with van der Waals surface area (Å²) < 4.78 is 0. The topological polar surface area (TPSA) is 54.1 Å². The van der Waals surface area contributed by atoms with Crippen LogP contribution >= 0.6 is 11.8 Å². The van der Waals surface area contributed by atoms with E-state index in [1.54, 1.807) is 0 Å². The molecule has 1 fully saturated rings. The Morgan fingerprint density at radius 1 is 1.50 bits per heavy atom. The van der Waals surface area contributed by atoms with Gasteiger partial charge in [-0.1, -0.05) is 18.2 Å². The Morgan fingerprint density at radius 3 is 2.64 bits per heavy atom. The third kappa shape index (κ3) is 3.20. The lowest BCUT2D eigenvalue weighted by Gasteiger charge is -2.29. The molecule has 0 amide bonds. The van der Waals surface area contributed by atoms with Crippen LogP contribution in [0.4, 0.5) is 0 Å². The van der Waals surface area contributed by atoms with Crippen molar-refractivity contribution in [1.82, 2.24) is 9.80 Å². The number of likely N-dealkylation sites (tertiary alicyclic amines) is 1. The van der Waals surface area contributed by atoms with Crippen molar-refractivity contribution in [3.63, 3.8) is 0 Å². The molecule has 0 saturated carbocycles. The number of amidine groups is 1. The molecule has 0 aliphatic carbocycles. The molecule has 0 bridgehead atoms. The number of nitrogens with one attached hydrogen (secondary N) is 1. The standard InChI is InChI=1S/C9H16N4S/c1-14-9(11)13(7-10)8-12-5-3-2-4-6-12/h11H,2-6,8H2,1H3. The SMILES string of the molecule is CSC(=N)N(C#N)CN1CCCCC1. The number of rotatable bonds is 2. The van der Waals surface area contributed by atoms with E-state index in [9.17, 15) is 0 Å². The van der Waals surface area contributed by atoms with Crippen molar-refractivity contribution >= 4 is 16.9 Å². The lowest BCUT2D eigenvalue weighted by Crippen LogP contribution is -2.40. The Kier molecular flexibility index (Phi) is 4.77. The first-order valence-corrected chi connectivity index (χ1v) is 6.02. The van der Waals surface area contributed by atoms with Crippen LogP contribution in [-0.4, -0.2) is 41.0 Å². The normalized spacial score (nSPS) is 17.4. The maximum absolute atomic E-state index is 8.85. The minimum atomic E-state index is 0.332. The van der Waals surface area contributed by atoms with E-state index in [0.29, 0.717) is 11.8 Å². The average molecular weight is 212 g/mol. The van der Waals surface area contributed by atoms with Gasteiger partial charge in [0, 0.05) is 0 Å². The van der Waals surface area contributed by atoms with E-state index in [1.165, 1.54) is 35.9 Å². The fourth-order valence-electron chi connectivity index (χ4n) is 1.55. The predicted molar refractivity (Wildman–Crippen MR) is 59.0 cm³/mol. The molecule has 1 aliphatic heterocycles. The summed E-state index contributed by atoms with van der Waals surface area (Å²) in [7, 11) is 0. The molecule has 1 saturated heterocycles. The molecule has 0 radical (unpaired) electrons. The second-order valence-corrected chi connectivity index (χ2v) is 4.15. The zero-order valence-electron chi connectivity index (χ0n) is 8.49. The quantitative estimate of drug-likeness (QED) is 0.326. The van der Waals surface area contributed by atoms with Gasteiger partial charge in [0.05, 0.1) is 6.67 Å². The first kappa shape index (κ1) is 11.3. The average Bonchev–Trinajstić information content (AvgIpc) is 2.26. The summed E-state index contributed by atoms with van der Waals surface area (Å²) in [4.78, 5) is 3.67. The Balaban J connectivity index is 2.39. The van der Waals surface area contributed by atoms with E-state index in [1.807, 2.05) is 12.4 Å². The molecule has 1 aliphatic rings. The van der Waals surface area contributed by atoms with Crippen LogP contribution in [0, 0.1) is 16.9 Å². The van der Waals surface area contributed by atoms with Crippen LogP contribution in [0.2, 0.25) is 0 Å². The molecular weight excluding hydrogens is 196 g/mol. The molecule has 1 rings (SSSR count). The minimum absolute atomic E-state index is 0.332. The number of piperidine rings is 1. The summed E-state index contributed by atoms with van der Waals surface area (Å²) in [5.41, 5.74) is 0. The predicted octanol–water partition coefficient (Wildman–Crippen LogP) is 1.51. The largest absolute Gasteiger partial charge is 0.285 e. The first-order valence-electron chi connectivity index (χ1n) is 4.80. The monoisotopic (exact) mass is 212 g/mol. The van der Waals surface area contributed by atoms with Crippen molar-refractivity contribution in [1.29, 1.82) is 10.7 Å². The lowest BCUT2D eigenvalue weighted by atomic mass is 10.1. The van der Waals surface area contributed by atoms with Gasteiger partial charge in [0.15, 0.2) is 11.4 Å². The van der Waals surface area contributed by atoms with Crippen molar-refractivity contribution in [2.45, 2.75) is 19.3 Å². The van der Waals surface area contributed by atoms with Gasteiger partial charge in [-0.25, -0.2) is 4.90 Å². The first-order chi connectivity index (χ1) is 6.77. The second kappa shape index (κ2) is 5.89. The second-order valence-electron chi connectivity index (χ2n) is 3.36. The van der Waals surface area contributed by atoms with Gasteiger partial charge in [0.25, 0.3) is 0 Å². The summed E-state index contributed by atoms with van der Waals surface area (Å²) in [6, 6.07) is 0. The third-order valence-corrected chi connectivity index (χ3v) is 2.96. The van der Waals surface area contributed by atoms with Crippen molar-refractivity contribution in [3.8, 4) is 6.19 Å². The highest BCUT2D eigenvalue weighted by Gasteiger charge is 2.15. The van der Waals surface area contributed by atoms with Crippen LogP contribution in [0.3, 0.4) is 0 Å². The summed E-state index contributed by atoms with van der Waals surface area (Å²) in [5.74, 6) is 0. The Labute approximate surface area is 89.4 Å². The van der Waals surface area contributed by atoms with Crippen LogP contribution < -0.4 is 0 Å². The van der Waals surface area contributed by atoms with E-state index < -0.39 is 0 Å². The van der Waals surface area contributed by atoms with Gasteiger partial charge >= 0.3 is 0 Å². The van der Waals surface area contributed by atoms with E-state index >= 15 is 0 Å². The maximum atomic E-state index is 8.85. The molecule has 0 aromatic carbocycles. The summed E-state index contributed by atoms with van der Waals surface area (Å²) in [5, 5.41) is 16.7. The number of nitriles is 1. The number of hydrogen-bond acceptors (Lipinski definition) is 4. The number of nitrogens with zero attached hydrogens (tertiary/aromatic N) is 3. The molecule has 0 unspecified atom stereocenters. The Morgan fingerprint density at radius 2 is 2.14 bits per heavy atom. The zero-order valence-corrected chi connectivity index (χ0v) is 9.31. The molecule has 5 heteroatoms. The zero-order chi connectivity index (χ0) is 10.4. The Hall–Kier alpha value is -0.730. The van der Waals surface area contributed by atoms with Gasteiger partial charge in [-0.05, 0) is 32.2 Å². The highest BCUT2D eigenvalue weighted by Crippen LogP contribution is 2.10. The molecule has 0 atom stereocenters. The van der Waals surface area contributed by atoms with E-state index in [-0.39, 0.29) is 0 Å². The maximum Gasteiger partial charge on any atom is 0.187 e. The van der Waals surface area contributed by atoms with Crippen LogP contribution in [0.15, 0.2) is 0 Å². The van der Waals surface area contributed by atoms with Gasteiger partial charge in [0.2, 0.25) is 0 Å². The van der Waals surface area contributed by atoms with Crippen LogP contribution in [-0.2, 0) is 0 Å². The van der Waals surface area contributed by atoms with Crippen molar-refractivity contribution < 1.29 is 0 Å². The van der Waals surface area contributed by atoms with Gasteiger partial charge < -0.3 is 0 Å². The van der Waals surface area contributed by atoms with Crippen LogP contribution in [0.5, 0.6) is 0 Å². The summed E-state index contributed by atoms with van der Waals surface area (Å²) in [6.07, 6.45) is 7.59. The molecule has 0 aromatic heterocycles. The van der Waals surface area contributed by atoms with Crippen LogP contribution in [0.1, 0.15) is 19.3 Å². The van der Waals surface area contributed by atoms with Crippen molar-refractivity contribution in [2.24, 2.45) is 0 Å². The number of thioether (sulfide) groups is 1. The smallest absolute Gasteiger partial charge is 0.187 e. The molecule has 1 heterocycles. The summed E-state index contributed by atoms with van der Waals surface area (Å²) >= 11 is 1.31. The van der Waals surface area contributed by atoms with Gasteiger partial charge in [-0.3, -0.25) is 10.3 Å². The highest BCUT2D eigenvalue weighted by atomic mass is 32.2. The van der Waals surface area contributed by atoms with Crippen LogP contribution in [0.25, 0.3) is 0 Å². The molecular formula is C9H16N4S. The molecule has 0 aromatic rings. The molecule has 14 heavy (non-hydrogen) atoms. The number of hydrogen-bond donors (Lipinski definition) is 1. The van der Waals surface area contributed by atoms with E-state index in [4.69, 9.17) is 10.7 Å². The van der Waals surface area contributed by atoms with E-state index in [2.05, 4.69) is 4.90 Å².